The smallest absolute Gasteiger partial charge is 0.300 e. The summed E-state index contributed by atoms with van der Waals surface area (Å²) in [6.07, 6.45) is 2.06. The fraction of sp³-hybridized carbons (Fsp3) is 1.00. The Morgan fingerprint density at radius 2 is 1.83 bits per heavy atom. The van der Waals surface area contributed by atoms with Gasteiger partial charge in [0.25, 0.3) is 0 Å². The average Bonchev–Trinajstić information content (AvgIpc) is 2.12. The lowest BCUT2D eigenvalue weighted by Crippen LogP contribution is -2.18. The molecule has 74 valence electrons. The van der Waals surface area contributed by atoms with E-state index in [-0.39, 0.29) is 0 Å². The largest absolute Gasteiger partial charge is 0.407 e. The van der Waals surface area contributed by atoms with Crippen molar-refractivity contribution < 1.29 is 13.6 Å². The summed E-state index contributed by atoms with van der Waals surface area (Å²) in [6.45, 7) is 2.81. The summed E-state index contributed by atoms with van der Waals surface area (Å²) >= 11 is 0. The molecule has 0 aliphatic rings. The number of hydrogen-bond acceptors (Lipinski definition) is 3. The van der Waals surface area contributed by atoms with Crippen molar-refractivity contribution in [2.24, 2.45) is 0 Å². The van der Waals surface area contributed by atoms with Crippen LogP contribution in [0.5, 0.6) is 0 Å². The van der Waals surface area contributed by atoms with E-state index in [4.69, 9.17) is 9.05 Å². The van der Waals surface area contributed by atoms with Gasteiger partial charge in [0, 0.05) is 20.8 Å². The van der Waals surface area contributed by atoms with Crippen molar-refractivity contribution in [2.45, 2.75) is 19.8 Å². The van der Waals surface area contributed by atoms with Gasteiger partial charge in [0.1, 0.15) is 0 Å². The Kier molecular flexibility index (Phi) is 5.76. The van der Waals surface area contributed by atoms with Crippen LogP contribution in [0.15, 0.2) is 0 Å². The summed E-state index contributed by atoms with van der Waals surface area (Å²) in [6, 6.07) is 0. The van der Waals surface area contributed by atoms with Crippen molar-refractivity contribution in [1.82, 2.24) is 4.67 Å². The highest BCUT2D eigenvalue weighted by Gasteiger charge is 2.26. The van der Waals surface area contributed by atoms with Crippen molar-refractivity contribution in [3.05, 3.63) is 0 Å². The predicted molar refractivity (Wildman–Crippen MR) is 49.2 cm³/mol. The molecule has 0 atom stereocenters. The second-order valence-electron chi connectivity index (χ2n) is 2.57. The topological polar surface area (TPSA) is 38.8 Å². The van der Waals surface area contributed by atoms with Gasteiger partial charge in [0.15, 0.2) is 0 Å². The Labute approximate surface area is 74.4 Å². The maximum Gasteiger partial charge on any atom is 0.407 e. The third-order valence-electron chi connectivity index (χ3n) is 1.71. The molecule has 0 fully saturated rings. The zero-order chi connectivity index (χ0) is 9.61. The van der Waals surface area contributed by atoms with E-state index >= 15 is 0 Å². The Balaban J connectivity index is 4.03. The maximum absolute atomic E-state index is 11.6. The third kappa shape index (κ3) is 3.23. The highest BCUT2D eigenvalue weighted by Crippen LogP contribution is 2.49. The van der Waals surface area contributed by atoms with Gasteiger partial charge in [-0.3, -0.25) is 9.05 Å². The van der Waals surface area contributed by atoms with Gasteiger partial charge in [-0.25, -0.2) is 9.24 Å². The van der Waals surface area contributed by atoms with Crippen molar-refractivity contribution >= 4 is 7.75 Å². The third-order valence-corrected chi connectivity index (χ3v) is 3.67. The molecule has 0 saturated heterocycles. The highest BCUT2D eigenvalue weighted by atomic mass is 31.2. The van der Waals surface area contributed by atoms with Crippen LogP contribution in [0.2, 0.25) is 0 Å². The molecule has 4 nitrogen and oxygen atoms in total. The van der Waals surface area contributed by atoms with Crippen LogP contribution in [0, 0.1) is 0 Å². The SMILES string of the molecule is CCCCN(C)P(=O)(OC)OC. The molecule has 0 saturated carbocycles. The van der Waals surface area contributed by atoms with Gasteiger partial charge >= 0.3 is 7.75 Å². The molecule has 0 radical (unpaired) electrons. The Morgan fingerprint density at radius 3 is 2.17 bits per heavy atom. The molecule has 0 unspecified atom stereocenters. The molecule has 0 aromatic carbocycles. The van der Waals surface area contributed by atoms with Crippen molar-refractivity contribution in [3.63, 3.8) is 0 Å². The van der Waals surface area contributed by atoms with Crippen LogP contribution in [0.1, 0.15) is 19.8 Å². The van der Waals surface area contributed by atoms with Crippen LogP contribution in [0.4, 0.5) is 0 Å². The van der Waals surface area contributed by atoms with Gasteiger partial charge in [0.2, 0.25) is 0 Å². The molecule has 0 aromatic heterocycles. The molecular formula is C7H18NO3P. The van der Waals surface area contributed by atoms with Crippen LogP contribution in [0.25, 0.3) is 0 Å². The predicted octanol–water partition coefficient (Wildman–Crippen LogP) is 2.12. The van der Waals surface area contributed by atoms with Crippen LogP contribution in [-0.4, -0.2) is 32.5 Å². The first kappa shape index (κ1) is 12.1. The number of hydrogen-bond donors (Lipinski definition) is 0. The second kappa shape index (κ2) is 5.70. The average molecular weight is 195 g/mol. The van der Waals surface area contributed by atoms with E-state index in [1.165, 1.54) is 14.2 Å². The van der Waals surface area contributed by atoms with Crippen molar-refractivity contribution in [2.75, 3.05) is 27.8 Å². The van der Waals surface area contributed by atoms with Crippen LogP contribution in [0.3, 0.4) is 0 Å². The molecule has 5 heteroatoms. The second-order valence-corrected chi connectivity index (χ2v) is 4.92. The summed E-state index contributed by atoms with van der Waals surface area (Å²) in [5.74, 6) is 0. The quantitative estimate of drug-likeness (QED) is 0.608. The zero-order valence-corrected chi connectivity index (χ0v) is 9.13. The summed E-state index contributed by atoms with van der Waals surface area (Å²) in [5.41, 5.74) is 0. The van der Waals surface area contributed by atoms with Crippen LogP contribution in [-0.2, 0) is 13.6 Å². The first-order valence-electron chi connectivity index (χ1n) is 4.03. The maximum atomic E-state index is 11.6. The Bertz CT molecular complexity index is 155. The first-order valence-corrected chi connectivity index (χ1v) is 5.53. The van der Waals surface area contributed by atoms with Gasteiger partial charge in [-0.05, 0) is 13.5 Å². The van der Waals surface area contributed by atoms with E-state index in [2.05, 4.69) is 6.92 Å². The molecule has 0 spiro atoms. The van der Waals surface area contributed by atoms with Crippen LogP contribution >= 0.6 is 7.75 Å². The molecular weight excluding hydrogens is 177 g/mol. The van der Waals surface area contributed by atoms with E-state index in [9.17, 15) is 4.57 Å². The minimum absolute atomic E-state index is 0.732. The molecule has 0 heterocycles. The normalized spacial score (nSPS) is 12.4. The van der Waals surface area contributed by atoms with E-state index in [0.29, 0.717) is 0 Å². The minimum Gasteiger partial charge on any atom is -0.300 e. The van der Waals surface area contributed by atoms with Crippen molar-refractivity contribution in [1.29, 1.82) is 0 Å². The first-order chi connectivity index (χ1) is 5.60. The summed E-state index contributed by atoms with van der Waals surface area (Å²) in [4.78, 5) is 0. The summed E-state index contributed by atoms with van der Waals surface area (Å²) < 4.78 is 22.9. The van der Waals surface area contributed by atoms with E-state index in [0.717, 1.165) is 19.4 Å². The van der Waals surface area contributed by atoms with Gasteiger partial charge in [-0.1, -0.05) is 13.3 Å². The van der Waals surface area contributed by atoms with Gasteiger partial charge in [-0.15, -0.1) is 0 Å². The number of unbranched alkanes of at least 4 members (excludes halogenated alkanes) is 1. The molecule has 0 aromatic rings. The van der Waals surface area contributed by atoms with Gasteiger partial charge < -0.3 is 0 Å². The van der Waals surface area contributed by atoms with E-state index in [1.807, 2.05) is 0 Å². The standard InChI is InChI=1S/C7H18NO3P/c1-5-6-7-8(2)12(9,10-3)11-4/h5-7H2,1-4H3. The van der Waals surface area contributed by atoms with Crippen LogP contribution < -0.4 is 0 Å². The molecule has 0 amide bonds. The molecule has 0 bridgehead atoms. The van der Waals surface area contributed by atoms with E-state index < -0.39 is 7.75 Å². The summed E-state index contributed by atoms with van der Waals surface area (Å²) in [7, 11) is 1.56. The molecule has 0 aliphatic heterocycles. The number of rotatable bonds is 6. The minimum atomic E-state index is -2.97. The van der Waals surface area contributed by atoms with Crippen molar-refractivity contribution in [3.8, 4) is 0 Å². The lowest BCUT2D eigenvalue weighted by Gasteiger charge is -2.23. The van der Waals surface area contributed by atoms with Gasteiger partial charge in [-0.2, -0.15) is 0 Å². The highest BCUT2D eigenvalue weighted by molar-refractivity contribution is 7.51. The Hall–Kier alpha value is 0.110. The summed E-state index contributed by atoms with van der Waals surface area (Å²) in [5, 5.41) is 0. The van der Waals surface area contributed by atoms with E-state index in [1.54, 1.807) is 11.7 Å². The molecule has 0 aliphatic carbocycles. The molecule has 0 rings (SSSR count). The lowest BCUT2D eigenvalue weighted by molar-refractivity contribution is 0.220. The number of nitrogens with zero attached hydrogens (tertiary/aromatic N) is 1. The Morgan fingerprint density at radius 1 is 1.33 bits per heavy atom. The fourth-order valence-electron chi connectivity index (χ4n) is 0.863. The molecule has 0 N–H and O–H groups in total. The van der Waals surface area contributed by atoms with Gasteiger partial charge in [0.05, 0.1) is 0 Å². The zero-order valence-electron chi connectivity index (χ0n) is 8.24. The fourth-order valence-corrected chi connectivity index (χ4v) is 1.96. The lowest BCUT2D eigenvalue weighted by atomic mass is 10.3. The monoisotopic (exact) mass is 195 g/mol. The molecule has 12 heavy (non-hydrogen) atoms.